The molecular formula is C23H26N4O3S. The third kappa shape index (κ3) is 6.42. The fraction of sp³-hybridized carbons (Fsp3) is 0.304. The van der Waals surface area contributed by atoms with Crippen molar-refractivity contribution >= 4 is 23.7 Å². The van der Waals surface area contributed by atoms with Gasteiger partial charge in [-0.25, -0.2) is 4.79 Å². The van der Waals surface area contributed by atoms with E-state index in [4.69, 9.17) is 4.42 Å². The maximum atomic E-state index is 12.3. The van der Waals surface area contributed by atoms with Crippen molar-refractivity contribution in [3.8, 4) is 11.5 Å². The Morgan fingerprint density at radius 2 is 1.71 bits per heavy atom. The van der Waals surface area contributed by atoms with Crippen LogP contribution in [0.3, 0.4) is 0 Å². The first kappa shape index (κ1) is 22.6. The van der Waals surface area contributed by atoms with Crippen molar-refractivity contribution in [1.82, 2.24) is 20.8 Å². The van der Waals surface area contributed by atoms with Crippen LogP contribution in [-0.4, -0.2) is 27.4 Å². The molecule has 0 aliphatic carbocycles. The van der Waals surface area contributed by atoms with Crippen LogP contribution >= 0.6 is 11.8 Å². The highest BCUT2D eigenvalue weighted by molar-refractivity contribution is 8.00. The second-order valence-electron chi connectivity index (χ2n) is 8.12. The number of amides is 3. The first-order valence-electron chi connectivity index (χ1n) is 9.96. The van der Waals surface area contributed by atoms with Crippen LogP contribution in [0.25, 0.3) is 11.5 Å². The molecule has 0 saturated carbocycles. The van der Waals surface area contributed by atoms with Gasteiger partial charge < -0.3 is 9.73 Å². The molecule has 0 aliphatic rings. The lowest BCUT2D eigenvalue weighted by atomic mass is 9.87. The first-order valence-corrected chi connectivity index (χ1v) is 10.8. The lowest BCUT2D eigenvalue weighted by molar-refractivity contribution is -0.119. The van der Waals surface area contributed by atoms with Crippen molar-refractivity contribution in [2.45, 2.75) is 50.1 Å². The molecule has 7 nitrogen and oxygen atoms in total. The molecule has 3 rings (SSSR count). The number of nitrogens with zero attached hydrogens (tertiary/aromatic N) is 2. The van der Waals surface area contributed by atoms with Gasteiger partial charge in [-0.2, -0.15) is 0 Å². The molecule has 1 heterocycles. The van der Waals surface area contributed by atoms with Crippen LogP contribution in [0.15, 0.2) is 64.2 Å². The monoisotopic (exact) mass is 438 g/mol. The number of hydrogen-bond acceptors (Lipinski definition) is 6. The zero-order valence-corrected chi connectivity index (χ0v) is 18.8. The van der Waals surface area contributed by atoms with E-state index in [2.05, 4.69) is 41.6 Å². The van der Waals surface area contributed by atoms with E-state index >= 15 is 0 Å². The number of carbonyl (C=O) groups excluding carboxylic acids is 2. The minimum atomic E-state index is -0.584. The summed E-state index contributed by atoms with van der Waals surface area (Å²) in [5.41, 5.74) is 3.03. The van der Waals surface area contributed by atoms with E-state index in [1.54, 1.807) is 6.92 Å². The summed E-state index contributed by atoms with van der Waals surface area (Å²) in [7, 11) is 0. The third-order valence-electron chi connectivity index (χ3n) is 4.58. The average Bonchev–Trinajstić information content (AvgIpc) is 3.21. The quantitative estimate of drug-likeness (QED) is 0.549. The van der Waals surface area contributed by atoms with Crippen LogP contribution in [0, 0.1) is 0 Å². The highest BCUT2D eigenvalue weighted by Crippen LogP contribution is 2.28. The minimum Gasteiger partial charge on any atom is -0.411 e. The molecule has 1 unspecified atom stereocenters. The Morgan fingerprint density at radius 1 is 1.03 bits per heavy atom. The molecule has 3 amide bonds. The van der Waals surface area contributed by atoms with Crippen molar-refractivity contribution in [3.63, 3.8) is 0 Å². The molecule has 0 aliphatic heterocycles. The Morgan fingerprint density at radius 3 is 2.35 bits per heavy atom. The van der Waals surface area contributed by atoms with Crippen molar-refractivity contribution in [1.29, 1.82) is 0 Å². The number of imide groups is 1. The second kappa shape index (κ2) is 9.78. The molecule has 0 spiro atoms. The maximum absolute atomic E-state index is 12.3. The summed E-state index contributed by atoms with van der Waals surface area (Å²) in [6.07, 6.45) is 0. The molecule has 2 N–H and O–H groups in total. The summed E-state index contributed by atoms with van der Waals surface area (Å²) in [4.78, 5) is 24.3. The highest BCUT2D eigenvalue weighted by atomic mass is 32.2. The number of rotatable bonds is 6. The van der Waals surface area contributed by atoms with E-state index in [0.717, 1.165) is 22.9 Å². The van der Waals surface area contributed by atoms with Crippen molar-refractivity contribution < 1.29 is 14.0 Å². The molecule has 0 saturated heterocycles. The number of carbonyl (C=O) groups is 2. The predicted molar refractivity (Wildman–Crippen MR) is 121 cm³/mol. The zero-order valence-electron chi connectivity index (χ0n) is 18.0. The summed E-state index contributed by atoms with van der Waals surface area (Å²) in [6.45, 7) is 8.46. The first-order chi connectivity index (χ1) is 14.7. The number of benzene rings is 2. The number of urea groups is 1. The summed E-state index contributed by atoms with van der Waals surface area (Å²) in [6, 6.07) is 16.9. The normalized spacial score (nSPS) is 12.3. The molecule has 0 fully saturated rings. The predicted octanol–water partition coefficient (Wildman–Crippen LogP) is 4.54. The summed E-state index contributed by atoms with van der Waals surface area (Å²) < 4.78 is 5.69. The minimum absolute atomic E-state index is 0.0601. The molecule has 1 aromatic heterocycles. The molecule has 1 atom stereocenters. The van der Waals surface area contributed by atoms with Crippen LogP contribution in [0.4, 0.5) is 4.79 Å². The molecule has 3 aromatic rings. The van der Waals surface area contributed by atoms with Crippen LogP contribution in [0.5, 0.6) is 0 Å². The van der Waals surface area contributed by atoms with E-state index in [1.165, 1.54) is 5.56 Å². The standard InChI is InChI=1S/C23H26N4O3S/c1-15(19(28)25-21(29)24-14-16-8-6-5-7-9-16)31-22-27-26-20(30-22)17-10-12-18(13-11-17)23(2,3)4/h5-13,15H,14H2,1-4H3,(H2,24,25,28,29). The van der Waals surface area contributed by atoms with Gasteiger partial charge in [0.05, 0.1) is 5.25 Å². The van der Waals surface area contributed by atoms with Gasteiger partial charge in [0.1, 0.15) is 0 Å². The fourth-order valence-electron chi connectivity index (χ4n) is 2.73. The lowest BCUT2D eigenvalue weighted by Crippen LogP contribution is -2.42. The second-order valence-corrected chi connectivity index (χ2v) is 9.41. The zero-order chi connectivity index (χ0) is 22.4. The van der Waals surface area contributed by atoms with E-state index in [0.29, 0.717) is 12.4 Å². The summed E-state index contributed by atoms with van der Waals surface area (Å²) in [5.74, 6) is -0.0546. The molecule has 0 radical (unpaired) electrons. The van der Waals surface area contributed by atoms with Crippen molar-refractivity contribution in [2.75, 3.05) is 0 Å². The van der Waals surface area contributed by atoms with E-state index in [-0.39, 0.29) is 10.6 Å². The van der Waals surface area contributed by atoms with Crippen LogP contribution in [-0.2, 0) is 16.8 Å². The molecule has 8 heteroatoms. The number of aromatic nitrogens is 2. The molecule has 2 aromatic carbocycles. The molecule has 31 heavy (non-hydrogen) atoms. The summed E-state index contributed by atoms with van der Waals surface area (Å²) >= 11 is 1.10. The summed E-state index contributed by atoms with van der Waals surface area (Å²) in [5, 5.41) is 12.7. The average molecular weight is 439 g/mol. The van der Waals surface area contributed by atoms with Gasteiger partial charge in [0.2, 0.25) is 11.8 Å². The number of hydrogen-bond donors (Lipinski definition) is 2. The van der Waals surface area contributed by atoms with Gasteiger partial charge in [-0.15, -0.1) is 10.2 Å². The van der Waals surface area contributed by atoms with Gasteiger partial charge in [0.25, 0.3) is 5.22 Å². The van der Waals surface area contributed by atoms with Crippen molar-refractivity contribution in [3.05, 3.63) is 65.7 Å². The Balaban J connectivity index is 1.52. The Kier molecular flexibility index (Phi) is 7.12. The fourth-order valence-corrected chi connectivity index (χ4v) is 3.41. The largest absolute Gasteiger partial charge is 0.411 e. The van der Waals surface area contributed by atoms with E-state index < -0.39 is 17.2 Å². The third-order valence-corrected chi connectivity index (χ3v) is 5.52. The van der Waals surface area contributed by atoms with E-state index in [9.17, 15) is 9.59 Å². The van der Waals surface area contributed by atoms with Gasteiger partial charge >= 0.3 is 6.03 Å². The van der Waals surface area contributed by atoms with Gasteiger partial charge in [0.15, 0.2) is 0 Å². The van der Waals surface area contributed by atoms with Gasteiger partial charge in [-0.3, -0.25) is 10.1 Å². The van der Waals surface area contributed by atoms with Crippen LogP contribution in [0.1, 0.15) is 38.8 Å². The van der Waals surface area contributed by atoms with Gasteiger partial charge in [0, 0.05) is 12.1 Å². The van der Waals surface area contributed by atoms with E-state index in [1.807, 2.05) is 54.6 Å². The van der Waals surface area contributed by atoms with Crippen LogP contribution < -0.4 is 10.6 Å². The maximum Gasteiger partial charge on any atom is 0.321 e. The molecule has 162 valence electrons. The molecular weight excluding hydrogens is 412 g/mol. The Hall–Kier alpha value is -3.13. The number of nitrogens with one attached hydrogen (secondary N) is 2. The number of thioether (sulfide) groups is 1. The van der Waals surface area contributed by atoms with Gasteiger partial charge in [-0.05, 0) is 35.6 Å². The lowest BCUT2D eigenvalue weighted by Gasteiger charge is -2.18. The van der Waals surface area contributed by atoms with Crippen molar-refractivity contribution in [2.24, 2.45) is 0 Å². The molecule has 0 bridgehead atoms. The van der Waals surface area contributed by atoms with Gasteiger partial charge in [-0.1, -0.05) is 75.0 Å². The Bertz CT molecular complexity index is 1030. The Labute approximate surface area is 186 Å². The highest BCUT2D eigenvalue weighted by Gasteiger charge is 2.21. The SMILES string of the molecule is CC(Sc1nnc(-c2ccc(C(C)(C)C)cc2)o1)C(=O)NC(=O)NCc1ccccc1. The smallest absolute Gasteiger partial charge is 0.321 e. The van der Waals surface area contributed by atoms with Crippen LogP contribution in [0.2, 0.25) is 0 Å². The topological polar surface area (TPSA) is 97.1 Å².